The van der Waals surface area contributed by atoms with E-state index in [4.69, 9.17) is 4.74 Å². The summed E-state index contributed by atoms with van der Waals surface area (Å²) in [5.74, 6) is -0.591. The molecule has 2 rings (SSSR count). The van der Waals surface area contributed by atoms with Crippen molar-refractivity contribution in [1.82, 2.24) is 0 Å². The molecule has 1 aromatic carbocycles. The summed E-state index contributed by atoms with van der Waals surface area (Å²) in [5, 5.41) is 0. The van der Waals surface area contributed by atoms with Crippen LogP contribution in [0.1, 0.15) is 37.7 Å². The maximum absolute atomic E-state index is 13.2. The molecule has 6 heteroatoms. The Hall–Kier alpha value is -0.910. The Labute approximate surface area is 127 Å². The van der Waals surface area contributed by atoms with Crippen molar-refractivity contribution in [1.29, 1.82) is 0 Å². The van der Waals surface area contributed by atoms with Crippen molar-refractivity contribution < 1.29 is 22.3 Å². The number of hydrogen-bond donors (Lipinski definition) is 1. The molecule has 0 saturated heterocycles. The molecule has 0 aromatic heterocycles. The highest BCUT2D eigenvalue weighted by atomic mass is 32.1. The topological polar surface area (TPSA) is 9.23 Å². The fraction of sp³-hybridized carbons (Fsp3) is 0.600. The number of hydrogen-bond acceptors (Lipinski definition) is 2. The minimum absolute atomic E-state index is 0.0513. The van der Waals surface area contributed by atoms with Crippen LogP contribution in [0.4, 0.5) is 17.6 Å². The summed E-state index contributed by atoms with van der Waals surface area (Å²) in [5.41, 5.74) is -1.38. The van der Waals surface area contributed by atoms with Gasteiger partial charge in [-0.3, -0.25) is 0 Å². The van der Waals surface area contributed by atoms with Crippen molar-refractivity contribution in [3.63, 3.8) is 0 Å². The Morgan fingerprint density at radius 2 is 1.81 bits per heavy atom. The zero-order valence-electron chi connectivity index (χ0n) is 11.5. The van der Waals surface area contributed by atoms with Crippen molar-refractivity contribution in [2.24, 2.45) is 5.41 Å². The van der Waals surface area contributed by atoms with Crippen molar-refractivity contribution in [2.45, 2.75) is 38.3 Å². The van der Waals surface area contributed by atoms with Crippen LogP contribution in [0, 0.1) is 11.2 Å². The Balaban J connectivity index is 2.09. The van der Waals surface area contributed by atoms with Crippen LogP contribution in [0.5, 0.6) is 5.75 Å². The first-order valence-electron chi connectivity index (χ1n) is 6.97. The highest BCUT2D eigenvalue weighted by molar-refractivity contribution is 7.80. The van der Waals surface area contributed by atoms with Crippen molar-refractivity contribution in [3.8, 4) is 5.75 Å². The Morgan fingerprint density at radius 3 is 2.38 bits per heavy atom. The van der Waals surface area contributed by atoms with Crippen molar-refractivity contribution in [3.05, 3.63) is 29.6 Å². The lowest BCUT2D eigenvalue weighted by Crippen LogP contribution is -2.33. The average molecular weight is 322 g/mol. The van der Waals surface area contributed by atoms with Gasteiger partial charge in [0.2, 0.25) is 0 Å². The van der Waals surface area contributed by atoms with Crippen molar-refractivity contribution >= 4 is 12.6 Å². The monoisotopic (exact) mass is 322 g/mol. The quantitative estimate of drug-likeness (QED) is 0.599. The van der Waals surface area contributed by atoms with E-state index in [1.54, 1.807) is 0 Å². The lowest BCUT2D eigenvalue weighted by atomic mass is 9.76. The minimum Gasteiger partial charge on any atom is -0.493 e. The van der Waals surface area contributed by atoms with Gasteiger partial charge in [-0.05, 0) is 36.8 Å². The number of halogens is 4. The normalized spacial score (nSPS) is 18.5. The summed E-state index contributed by atoms with van der Waals surface area (Å²) in [6.45, 7) is 0.319. The predicted octanol–water partition coefficient (Wildman–Crippen LogP) is 5.10. The molecule has 1 nitrogen and oxygen atoms in total. The van der Waals surface area contributed by atoms with Gasteiger partial charge in [-0.15, -0.1) is 0 Å². The van der Waals surface area contributed by atoms with E-state index in [2.05, 4.69) is 12.6 Å². The number of thiol groups is 1. The second kappa shape index (κ2) is 6.46. The van der Waals surface area contributed by atoms with E-state index in [1.165, 1.54) is 12.5 Å². The highest BCUT2D eigenvalue weighted by Crippen LogP contribution is 2.38. The van der Waals surface area contributed by atoms with Crippen LogP contribution in [0.3, 0.4) is 0 Å². The maximum Gasteiger partial charge on any atom is 0.419 e. The molecule has 0 N–H and O–H groups in total. The van der Waals surface area contributed by atoms with Crippen LogP contribution in [0.15, 0.2) is 18.2 Å². The van der Waals surface area contributed by atoms with E-state index in [9.17, 15) is 17.6 Å². The van der Waals surface area contributed by atoms with Gasteiger partial charge in [0.1, 0.15) is 11.6 Å². The fourth-order valence-corrected chi connectivity index (χ4v) is 3.11. The highest BCUT2D eigenvalue weighted by Gasteiger charge is 2.35. The molecule has 0 amide bonds. The third kappa shape index (κ3) is 4.05. The molecule has 0 bridgehead atoms. The van der Waals surface area contributed by atoms with E-state index in [0.717, 1.165) is 37.8 Å². The molecule has 1 aromatic rings. The molecule has 0 aliphatic heterocycles. The summed E-state index contributed by atoms with van der Waals surface area (Å²) in [4.78, 5) is 0. The molecule has 1 aliphatic rings. The molecular weight excluding hydrogens is 304 g/mol. The van der Waals surface area contributed by atoms with Gasteiger partial charge in [0.15, 0.2) is 0 Å². The summed E-state index contributed by atoms with van der Waals surface area (Å²) in [6, 6.07) is 2.76. The van der Waals surface area contributed by atoms with E-state index >= 15 is 0 Å². The van der Waals surface area contributed by atoms with Gasteiger partial charge in [0.05, 0.1) is 12.2 Å². The molecular formula is C15H18F4OS. The second-order valence-corrected chi connectivity index (χ2v) is 5.96. The first-order chi connectivity index (χ1) is 9.86. The Morgan fingerprint density at radius 1 is 1.14 bits per heavy atom. The molecule has 118 valence electrons. The predicted molar refractivity (Wildman–Crippen MR) is 76.3 cm³/mol. The third-order valence-electron chi connectivity index (χ3n) is 4.04. The average Bonchev–Trinajstić information content (AvgIpc) is 2.46. The van der Waals surface area contributed by atoms with E-state index in [-0.39, 0.29) is 11.2 Å². The van der Waals surface area contributed by atoms with Gasteiger partial charge >= 0.3 is 6.18 Å². The van der Waals surface area contributed by atoms with Gasteiger partial charge in [0, 0.05) is 5.41 Å². The van der Waals surface area contributed by atoms with Gasteiger partial charge in [-0.25, -0.2) is 4.39 Å². The summed E-state index contributed by atoms with van der Waals surface area (Å²) < 4.78 is 56.7. The van der Waals surface area contributed by atoms with Crippen LogP contribution in [0.2, 0.25) is 0 Å². The van der Waals surface area contributed by atoms with E-state index in [0.29, 0.717) is 12.4 Å². The first kappa shape index (κ1) is 16.5. The molecule has 21 heavy (non-hydrogen) atoms. The minimum atomic E-state index is -4.71. The fourth-order valence-electron chi connectivity index (χ4n) is 2.70. The van der Waals surface area contributed by atoms with Gasteiger partial charge in [-0.2, -0.15) is 25.8 Å². The summed E-state index contributed by atoms with van der Waals surface area (Å²) >= 11 is 4.36. The van der Waals surface area contributed by atoms with Crippen LogP contribution in [0.25, 0.3) is 0 Å². The summed E-state index contributed by atoms with van der Waals surface area (Å²) in [6.07, 6.45) is 0.551. The number of ether oxygens (including phenoxy) is 1. The smallest absolute Gasteiger partial charge is 0.419 e. The first-order valence-corrected chi connectivity index (χ1v) is 7.60. The number of alkyl halides is 3. The van der Waals surface area contributed by atoms with Crippen LogP contribution < -0.4 is 4.74 Å². The SMILES string of the molecule is Fc1ccc(OCC2(CS)CCCCC2)cc1C(F)(F)F. The molecule has 1 aliphatic carbocycles. The zero-order chi connectivity index (χ0) is 15.5. The Kier molecular flexibility index (Phi) is 5.07. The number of rotatable bonds is 4. The van der Waals surface area contributed by atoms with Crippen molar-refractivity contribution in [2.75, 3.05) is 12.4 Å². The molecule has 0 spiro atoms. The van der Waals surface area contributed by atoms with E-state index in [1.807, 2.05) is 0 Å². The zero-order valence-corrected chi connectivity index (χ0v) is 12.4. The van der Waals surface area contributed by atoms with Crippen LogP contribution >= 0.6 is 12.6 Å². The van der Waals surface area contributed by atoms with Crippen LogP contribution in [-0.2, 0) is 6.18 Å². The third-order valence-corrected chi connectivity index (χ3v) is 4.71. The second-order valence-electron chi connectivity index (χ2n) is 5.65. The molecule has 1 fully saturated rings. The Bertz CT molecular complexity index is 481. The molecule has 0 atom stereocenters. The molecule has 0 radical (unpaired) electrons. The van der Waals surface area contributed by atoms with Gasteiger partial charge < -0.3 is 4.74 Å². The molecule has 1 saturated carbocycles. The van der Waals surface area contributed by atoms with Crippen LogP contribution in [-0.4, -0.2) is 12.4 Å². The van der Waals surface area contributed by atoms with Gasteiger partial charge in [0.25, 0.3) is 0 Å². The standard InChI is InChI=1S/C15H18F4OS/c16-13-5-4-11(8-12(13)15(17,18)19)20-9-14(10-21)6-2-1-3-7-14/h4-5,8,21H,1-3,6-7,9-10H2. The van der Waals surface area contributed by atoms with Gasteiger partial charge in [-0.1, -0.05) is 19.3 Å². The lowest BCUT2D eigenvalue weighted by molar-refractivity contribution is -0.140. The molecule has 0 heterocycles. The van der Waals surface area contributed by atoms with E-state index < -0.39 is 17.6 Å². The largest absolute Gasteiger partial charge is 0.493 e. The summed E-state index contributed by atoms with van der Waals surface area (Å²) in [7, 11) is 0. The lowest BCUT2D eigenvalue weighted by Gasteiger charge is -2.35. The molecule has 0 unspecified atom stereocenters. The maximum atomic E-state index is 13.2. The number of benzene rings is 1.